The molecule has 1 aliphatic heterocycles. The Bertz CT molecular complexity index is 737. The van der Waals surface area contributed by atoms with E-state index in [4.69, 9.17) is 5.11 Å². The first-order valence-corrected chi connectivity index (χ1v) is 7.15. The molecule has 0 aliphatic carbocycles. The van der Waals surface area contributed by atoms with E-state index in [0.29, 0.717) is 11.3 Å². The van der Waals surface area contributed by atoms with Gasteiger partial charge in [0.25, 0.3) is 10.0 Å². The molecule has 1 heterocycles. The first kappa shape index (κ1) is 11.5. The minimum atomic E-state index is -3.43. The van der Waals surface area contributed by atoms with Gasteiger partial charge in [0.15, 0.2) is 0 Å². The summed E-state index contributed by atoms with van der Waals surface area (Å²) in [5.41, 5.74) is 1.56. The van der Waals surface area contributed by atoms with Crippen LogP contribution in [0.2, 0.25) is 0 Å². The molecule has 18 heavy (non-hydrogen) atoms. The van der Waals surface area contributed by atoms with Gasteiger partial charge in [0.2, 0.25) is 0 Å². The fourth-order valence-electron chi connectivity index (χ4n) is 2.44. The number of sulfonamides is 1. The molecular formula is C13H13NO3S. The van der Waals surface area contributed by atoms with Crippen LogP contribution >= 0.6 is 0 Å². The number of benzene rings is 2. The lowest BCUT2D eigenvalue weighted by Crippen LogP contribution is -2.21. The summed E-state index contributed by atoms with van der Waals surface area (Å²) in [5.74, 6) is 0. The normalized spacial score (nSPS) is 16.4. The van der Waals surface area contributed by atoms with Crippen molar-refractivity contribution in [2.75, 3.05) is 18.0 Å². The predicted octanol–water partition coefficient (Wildman–Crippen LogP) is 1.51. The molecular weight excluding hydrogens is 250 g/mol. The third-order valence-corrected chi connectivity index (χ3v) is 5.15. The Balaban J connectivity index is 2.42. The van der Waals surface area contributed by atoms with Crippen LogP contribution in [0.4, 0.5) is 5.69 Å². The van der Waals surface area contributed by atoms with Crippen molar-refractivity contribution in [1.82, 2.24) is 0 Å². The third kappa shape index (κ3) is 1.38. The minimum absolute atomic E-state index is 0.0144. The summed E-state index contributed by atoms with van der Waals surface area (Å²) >= 11 is 0. The summed E-state index contributed by atoms with van der Waals surface area (Å²) in [6, 6.07) is 9.16. The van der Waals surface area contributed by atoms with E-state index in [2.05, 4.69) is 0 Å². The first-order chi connectivity index (χ1) is 8.55. The van der Waals surface area contributed by atoms with Crippen molar-refractivity contribution in [3.63, 3.8) is 0 Å². The van der Waals surface area contributed by atoms with Crippen molar-refractivity contribution in [2.45, 2.75) is 11.3 Å². The minimum Gasteiger partial charge on any atom is -0.396 e. The number of aliphatic hydroxyl groups is 1. The Labute approximate surface area is 106 Å². The molecule has 1 N–H and O–H groups in total. The zero-order valence-corrected chi connectivity index (χ0v) is 10.7. The summed E-state index contributed by atoms with van der Waals surface area (Å²) in [4.78, 5) is 0.349. The topological polar surface area (TPSA) is 57.6 Å². The Morgan fingerprint density at radius 2 is 2.06 bits per heavy atom. The fraction of sp³-hybridized carbons (Fsp3) is 0.231. The van der Waals surface area contributed by atoms with Crippen LogP contribution in [0.25, 0.3) is 10.8 Å². The molecule has 0 amide bonds. The van der Waals surface area contributed by atoms with Crippen molar-refractivity contribution >= 4 is 26.5 Å². The summed E-state index contributed by atoms with van der Waals surface area (Å²) in [6.07, 6.45) is 0.465. The van der Waals surface area contributed by atoms with E-state index >= 15 is 0 Å². The largest absolute Gasteiger partial charge is 0.396 e. The van der Waals surface area contributed by atoms with E-state index in [-0.39, 0.29) is 6.61 Å². The molecule has 0 saturated heterocycles. The lowest BCUT2D eigenvalue weighted by atomic mass is 10.0. The van der Waals surface area contributed by atoms with E-state index in [1.165, 1.54) is 4.31 Å². The van der Waals surface area contributed by atoms with Crippen molar-refractivity contribution in [1.29, 1.82) is 0 Å². The summed E-state index contributed by atoms with van der Waals surface area (Å²) in [7, 11) is -1.86. The number of aliphatic hydroxyl groups excluding tert-OH is 1. The number of hydrogen-bond acceptors (Lipinski definition) is 3. The van der Waals surface area contributed by atoms with E-state index in [1.807, 2.05) is 24.3 Å². The van der Waals surface area contributed by atoms with Gasteiger partial charge in [-0.25, -0.2) is 8.42 Å². The lowest BCUT2D eigenvalue weighted by molar-refractivity contribution is 0.299. The van der Waals surface area contributed by atoms with Gasteiger partial charge < -0.3 is 5.11 Å². The zero-order chi connectivity index (χ0) is 12.9. The average Bonchev–Trinajstić information content (AvgIpc) is 2.54. The quantitative estimate of drug-likeness (QED) is 0.893. The van der Waals surface area contributed by atoms with Crippen LogP contribution in [-0.4, -0.2) is 27.2 Å². The van der Waals surface area contributed by atoms with Gasteiger partial charge in [0.05, 0.1) is 10.6 Å². The van der Waals surface area contributed by atoms with Crippen LogP contribution in [0.5, 0.6) is 0 Å². The third-order valence-electron chi connectivity index (χ3n) is 3.36. The molecule has 0 bridgehead atoms. The number of rotatable bonds is 2. The van der Waals surface area contributed by atoms with E-state index in [9.17, 15) is 8.42 Å². The molecule has 0 saturated carbocycles. The van der Waals surface area contributed by atoms with Crippen LogP contribution in [0.15, 0.2) is 35.2 Å². The second-order valence-corrected chi connectivity index (χ2v) is 6.35. The van der Waals surface area contributed by atoms with Crippen molar-refractivity contribution in [2.24, 2.45) is 0 Å². The van der Waals surface area contributed by atoms with Crippen molar-refractivity contribution in [3.8, 4) is 0 Å². The Morgan fingerprint density at radius 3 is 2.78 bits per heavy atom. The van der Waals surface area contributed by atoms with E-state index in [1.54, 1.807) is 13.1 Å². The Hall–Kier alpha value is -1.59. The lowest BCUT2D eigenvalue weighted by Gasteiger charge is -2.10. The second-order valence-electron chi connectivity index (χ2n) is 4.42. The van der Waals surface area contributed by atoms with Gasteiger partial charge >= 0.3 is 0 Å². The fourth-order valence-corrected chi connectivity index (χ4v) is 3.93. The molecule has 2 aromatic carbocycles. The van der Waals surface area contributed by atoms with Gasteiger partial charge in [-0.05, 0) is 29.5 Å². The average molecular weight is 263 g/mol. The number of nitrogens with zero attached hydrogens (tertiary/aromatic N) is 1. The van der Waals surface area contributed by atoms with Gasteiger partial charge in [-0.3, -0.25) is 4.31 Å². The highest BCUT2D eigenvalue weighted by molar-refractivity contribution is 7.93. The summed E-state index contributed by atoms with van der Waals surface area (Å²) < 4.78 is 25.9. The standard InChI is InChI=1S/C13H13NO3S/c1-14-11-4-2-3-10-7-9(5-6-15)8-12(13(10)11)18(14,16)17/h2-4,7-8,15H,5-6H2,1H3. The molecule has 4 nitrogen and oxygen atoms in total. The first-order valence-electron chi connectivity index (χ1n) is 5.71. The zero-order valence-electron chi connectivity index (χ0n) is 9.92. The molecule has 0 atom stereocenters. The molecule has 3 rings (SSSR count). The smallest absolute Gasteiger partial charge is 0.264 e. The molecule has 1 aliphatic rings. The highest BCUT2D eigenvalue weighted by Crippen LogP contribution is 2.41. The molecule has 0 radical (unpaired) electrons. The van der Waals surface area contributed by atoms with Crippen LogP contribution in [0.1, 0.15) is 5.56 Å². The van der Waals surface area contributed by atoms with Gasteiger partial charge in [0, 0.05) is 19.0 Å². The van der Waals surface area contributed by atoms with Crippen molar-refractivity contribution in [3.05, 3.63) is 35.9 Å². The van der Waals surface area contributed by atoms with Gasteiger partial charge in [-0.1, -0.05) is 18.2 Å². The van der Waals surface area contributed by atoms with Crippen LogP contribution in [0.3, 0.4) is 0 Å². The van der Waals surface area contributed by atoms with Gasteiger partial charge in [0.1, 0.15) is 0 Å². The van der Waals surface area contributed by atoms with Crippen LogP contribution < -0.4 is 4.31 Å². The maximum absolute atomic E-state index is 12.3. The molecule has 0 aromatic heterocycles. The SMILES string of the molecule is CN1c2cccc3cc(CCO)cc(c23)S1(=O)=O. The highest BCUT2D eigenvalue weighted by Gasteiger charge is 2.33. The predicted molar refractivity (Wildman–Crippen MR) is 70.3 cm³/mol. The summed E-state index contributed by atoms with van der Waals surface area (Å²) in [5, 5.41) is 10.7. The molecule has 0 unspecified atom stereocenters. The molecule has 94 valence electrons. The molecule has 5 heteroatoms. The van der Waals surface area contributed by atoms with Crippen LogP contribution in [-0.2, 0) is 16.4 Å². The Morgan fingerprint density at radius 1 is 1.28 bits per heavy atom. The second kappa shape index (κ2) is 3.70. The van der Waals surface area contributed by atoms with Gasteiger partial charge in [-0.15, -0.1) is 0 Å². The monoisotopic (exact) mass is 263 g/mol. The van der Waals surface area contributed by atoms with E-state index in [0.717, 1.165) is 22.0 Å². The van der Waals surface area contributed by atoms with Crippen molar-refractivity contribution < 1.29 is 13.5 Å². The molecule has 0 fully saturated rings. The van der Waals surface area contributed by atoms with Crippen LogP contribution in [0, 0.1) is 0 Å². The molecule has 2 aromatic rings. The maximum atomic E-state index is 12.3. The maximum Gasteiger partial charge on any atom is 0.264 e. The van der Waals surface area contributed by atoms with Gasteiger partial charge in [-0.2, -0.15) is 0 Å². The summed E-state index contributed by atoms with van der Waals surface area (Å²) in [6.45, 7) is 0.0144. The number of anilines is 1. The molecule has 0 spiro atoms. The highest BCUT2D eigenvalue weighted by atomic mass is 32.2. The van der Waals surface area contributed by atoms with E-state index < -0.39 is 10.0 Å². The number of hydrogen-bond donors (Lipinski definition) is 1. The Kier molecular flexibility index (Phi) is 2.36.